The largest absolute Gasteiger partial charge is 0.440 e. The van der Waals surface area contributed by atoms with Gasteiger partial charge in [-0.3, -0.25) is 4.89 Å². The molecule has 0 radical (unpaired) electrons. The lowest BCUT2D eigenvalue weighted by Gasteiger charge is -2.34. The summed E-state index contributed by atoms with van der Waals surface area (Å²) in [5, 5.41) is 0.0508. The first kappa shape index (κ1) is 14.5. The van der Waals surface area contributed by atoms with Crippen LogP contribution in [0.25, 0.3) is 0 Å². The summed E-state index contributed by atoms with van der Waals surface area (Å²) in [5.41, 5.74) is 0. The highest BCUT2D eigenvalue weighted by Crippen LogP contribution is 2.36. The molecule has 0 N–H and O–H groups in total. The summed E-state index contributed by atoms with van der Waals surface area (Å²) < 4.78 is 5.46. The molecule has 100 valence electrons. The SMILES string of the molecule is CC(C)(C)[Si](C)(C)OOC(=O)N1CCCCC1. The highest BCUT2D eigenvalue weighted by molar-refractivity contribution is 6.73. The fourth-order valence-corrected chi connectivity index (χ4v) is 1.92. The fourth-order valence-electron chi connectivity index (χ4n) is 1.39. The van der Waals surface area contributed by atoms with E-state index >= 15 is 0 Å². The summed E-state index contributed by atoms with van der Waals surface area (Å²) in [5.74, 6) is 0. The number of rotatable bonds is 2. The second-order valence-electron chi connectivity index (χ2n) is 6.24. The molecule has 0 aromatic carbocycles. The van der Waals surface area contributed by atoms with Crippen LogP contribution < -0.4 is 0 Å². The molecule has 0 atom stereocenters. The van der Waals surface area contributed by atoms with E-state index in [1.165, 1.54) is 6.42 Å². The second kappa shape index (κ2) is 5.39. The van der Waals surface area contributed by atoms with Crippen molar-refractivity contribution in [2.75, 3.05) is 13.1 Å². The minimum absolute atomic E-state index is 0.0508. The maximum absolute atomic E-state index is 11.8. The molecule has 0 unspecified atom stereocenters. The third-order valence-electron chi connectivity index (χ3n) is 3.74. The molecule has 1 aliphatic rings. The topological polar surface area (TPSA) is 38.8 Å². The van der Waals surface area contributed by atoms with Crippen molar-refractivity contribution in [3.05, 3.63) is 0 Å². The van der Waals surface area contributed by atoms with Crippen molar-refractivity contribution in [1.29, 1.82) is 0 Å². The molecule has 4 nitrogen and oxygen atoms in total. The Morgan fingerprint density at radius 3 is 2.12 bits per heavy atom. The van der Waals surface area contributed by atoms with Crippen molar-refractivity contribution >= 4 is 14.4 Å². The van der Waals surface area contributed by atoms with E-state index < -0.39 is 8.32 Å². The molecular formula is C12H25NO3Si. The first-order chi connectivity index (χ1) is 7.74. The van der Waals surface area contributed by atoms with Crippen molar-refractivity contribution in [1.82, 2.24) is 4.90 Å². The standard InChI is InChI=1S/C12H25NO3Si/c1-12(2,3)17(4,5)16-15-11(14)13-9-7-6-8-10-13/h6-10H2,1-5H3. The third-order valence-corrected chi connectivity index (χ3v) is 7.85. The van der Waals surface area contributed by atoms with Crippen LogP contribution in [0, 0.1) is 0 Å². The van der Waals surface area contributed by atoms with Crippen LogP contribution in [0.3, 0.4) is 0 Å². The summed E-state index contributed by atoms with van der Waals surface area (Å²) in [7, 11) is -2.00. The van der Waals surface area contributed by atoms with Crippen LogP contribution >= 0.6 is 0 Å². The average Bonchev–Trinajstić information content (AvgIpc) is 2.25. The Labute approximate surface area is 105 Å². The third kappa shape index (κ3) is 3.99. The van der Waals surface area contributed by atoms with Crippen molar-refractivity contribution in [2.45, 2.75) is 58.2 Å². The Morgan fingerprint density at radius 2 is 1.65 bits per heavy atom. The molecule has 1 aliphatic heterocycles. The number of carbonyl (C=O) groups is 1. The Morgan fingerprint density at radius 1 is 1.12 bits per heavy atom. The summed E-state index contributed by atoms with van der Waals surface area (Å²) in [6, 6.07) is 0. The number of hydrogen-bond acceptors (Lipinski definition) is 3. The number of amides is 1. The van der Waals surface area contributed by atoms with Gasteiger partial charge in [0.05, 0.1) is 0 Å². The molecular weight excluding hydrogens is 234 g/mol. The zero-order chi connectivity index (χ0) is 13.1. The first-order valence-electron chi connectivity index (χ1n) is 6.39. The number of carbonyl (C=O) groups excluding carboxylic acids is 1. The minimum Gasteiger partial charge on any atom is -0.306 e. The predicted octanol–water partition coefficient (Wildman–Crippen LogP) is 3.55. The van der Waals surface area contributed by atoms with Crippen LogP contribution in [0.1, 0.15) is 40.0 Å². The molecule has 0 bridgehead atoms. The van der Waals surface area contributed by atoms with E-state index in [9.17, 15) is 4.79 Å². The van der Waals surface area contributed by atoms with Crippen LogP contribution in [-0.4, -0.2) is 32.4 Å². The average molecular weight is 259 g/mol. The maximum Gasteiger partial charge on any atom is 0.440 e. The lowest BCUT2D eigenvalue weighted by molar-refractivity contribution is -0.168. The Bertz CT molecular complexity index is 267. The maximum atomic E-state index is 11.8. The van der Waals surface area contributed by atoms with E-state index in [0.717, 1.165) is 25.9 Å². The zero-order valence-electron chi connectivity index (χ0n) is 11.7. The van der Waals surface area contributed by atoms with Gasteiger partial charge in [0.15, 0.2) is 0 Å². The molecule has 0 aliphatic carbocycles. The van der Waals surface area contributed by atoms with Gasteiger partial charge in [-0.05, 0) is 37.4 Å². The van der Waals surface area contributed by atoms with E-state index in [1.807, 2.05) is 0 Å². The number of hydrogen-bond donors (Lipinski definition) is 0. The summed E-state index contributed by atoms with van der Waals surface area (Å²) >= 11 is 0. The Kier molecular flexibility index (Phi) is 4.60. The highest BCUT2D eigenvalue weighted by Gasteiger charge is 2.40. The fraction of sp³-hybridized carbons (Fsp3) is 0.917. The summed E-state index contributed by atoms with van der Waals surface area (Å²) in [6.45, 7) is 12.1. The number of piperidine rings is 1. The highest BCUT2D eigenvalue weighted by atomic mass is 28.4. The first-order valence-corrected chi connectivity index (χ1v) is 9.29. The lowest BCUT2D eigenvalue weighted by Crippen LogP contribution is -2.44. The molecule has 1 rings (SSSR count). The van der Waals surface area contributed by atoms with Gasteiger partial charge in [0.1, 0.15) is 0 Å². The van der Waals surface area contributed by atoms with Crippen molar-refractivity contribution < 1.29 is 14.3 Å². The smallest absolute Gasteiger partial charge is 0.306 e. The van der Waals surface area contributed by atoms with Crippen LogP contribution in [0.5, 0.6) is 0 Å². The van der Waals surface area contributed by atoms with Gasteiger partial charge in [0.25, 0.3) is 8.32 Å². The molecule has 1 amide bonds. The normalized spacial score (nSPS) is 18.1. The Hall–Kier alpha value is -0.553. The molecule has 1 fully saturated rings. The van der Waals surface area contributed by atoms with Crippen LogP contribution in [0.4, 0.5) is 4.79 Å². The van der Waals surface area contributed by atoms with Gasteiger partial charge in [0.2, 0.25) is 0 Å². The molecule has 0 spiro atoms. The minimum atomic E-state index is -2.00. The van der Waals surface area contributed by atoms with E-state index in [-0.39, 0.29) is 11.1 Å². The van der Waals surface area contributed by atoms with E-state index in [0.29, 0.717) is 0 Å². The van der Waals surface area contributed by atoms with Gasteiger partial charge < -0.3 is 4.90 Å². The van der Waals surface area contributed by atoms with Crippen LogP contribution in [0.15, 0.2) is 0 Å². The molecule has 1 saturated heterocycles. The van der Waals surface area contributed by atoms with Gasteiger partial charge in [-0.1, -0.05) is 20.8 Å². The monoisotopic (exact) mass is 259 g/mol. The second-order valence-corrected chi connectivity index (χ2v) is 10.9. The van der Waals surface area contributed by atoms with Gasteiger partial charge in [-0.25, -0.2) is 9.37 Å². The molecule has 1 heterocycles. The lowest BCUT2D eigenvalue weighted by atomic mass is 10.1. The van der Waals surface area contributed by atoms with Gasteiger partial charge >= 0.3 is 6.09 Å². The van der Waals surface area contributed by atoms with Gasteiger partial charge in [-0.2, -0.15) is 0 Å². The van der Waals surface area contributed by atoms with Gasteiger partial charge in [0, 0.05) is 13.1 Å². The molecule has 5 heteroatoms. The van der Waals surface area contributed by atoms with Crippen LogP contribution in [-0.2, 0) is 9.46 Å². The van der Waals surface area contributed by atoms with Gasteiger partial charge in [-0.15, -0.1) is 0 Å². The zero-order valence-corrected chi connectivity index (χ0v) is 12.7. The van der Waals surface area contributed by atoms with E-state index in [1.54, 1.807) is 4.90 Å². The molecule has 0 aromatic rings. The van der Waals surface area contributed by atoms with E-state index in [2.05, 4.69) is 33.9 Å². The quantitative estimate of drug-likeness (QED) is 0.432. The molecule has 0 saturated carbocycles. The molecule has 17 heavy (non-hydrogen) atoms. The summed E-state index contributed by atoms with van der Waals surface area (Å²) in [6.07, 6.45) is 3.01. The number of likely N-dealkylation sites (tertiary alicyclic amines) is 1. The van der Waals surface area contributed by atoms with Crippen molar-refractivity contribution in [2.24, 2.45) is 0 Å². The Balaban J connectivity index is 2.42. The summed E-state index contributed by atoms with van der Waals surface area (Å²) in [4.78, 5) is 18.5. The van der Waals surface area contributed by atoms with Crippen molar-refractivity contribution in [3.63, 3.8) is 0 Å². The molecule has 0 aromatic heterocycles. The number of nitrogens with zero attached hydrogens (tertiary/aromatic N) is 1. The van der Waals surface area contributed by atoms with Crippen LogP contribution in [0.2, 0.25) is 18.1 Å². The predicted molar refractivity (Wildman–Crippen MR) is 70.2 cm³/mol. The van der Waals surface area contributed by atoms with E-state index in [4.69, 9.17) is 9.46 Å². The van der Waals surface area contributed by atoms with Crippen molar-refractivity contribution in [3.8, 4) is 0 Å².